The number of carbonyl (C=O) groups is 1. The highest BCUT2D eigenvalue weighted by atomic mass is 16.5. The number of hydrogen-bond acceptors (Lipinski definition) is 3. The number of hydrogen-bond donors (Lipinski definition) is 0. The first-order chi connectivity index (χ1) is 7.63. The third-order valence-corrected chi connectivity index (χ3v) is 3.14. The topological polar surface area (TPSA) is 29.5 Å². The van der Waals surface area contributed by atoms with E-state index in [1.165, 1.54) is 0 Å². The highest BCUT2D eigenvalue weighted by Gasteiger charge is 2.32. The number of nitrogens with zero attached hydrogens (tertiary/aromatic N) is 1. The summed E-state index contributed by atoms with van der Waals surface area (Å²) in [5.74, 6) is 1.09. The summed E-state index contributed by atoms with van der Waals surface area (Å²) in [6.07, 6.45) is 0.637. The van der Waals surface area contributed by atoms with E-state index in [-0.39, 0.29) is 11.8 Å². The molecule has 86 valence electrons. The molecule has 0 bridgehead atoms. The number of carbonyl (C=O) groups excluding carboxylic acids is 1. The maximum Gasteiger partial charge on any atom is 0.155 e. The maximum absolute atomic E-state index is 11.8. The zero-order chi connectivity index (χ0) is 11.7. The van der Waals surface area contributed by atoms with Gasteiger partial charge in [-0.15, -0.1) is 0 Å². The number of rotatable bonds is 2. The Kier molecular flexibility index (Phi) is 2.97. The van der Waals surface area contributed by atoms with Gasteiger partial charge in [-0.25, -0.2) is 0 Å². The highest BCUT2D eigenvalue weighted by Crippen LogP contribution is 2.34. The minimum atomic E-state index is -0.129. The van der Waals surface area contributed by atoms with Gasteiger partial charge < -0.3 is 4.74 Å². The average Bonchev–Trinajstić information content (AvgIpc) is 2.59. The number of aryl methyl sites for hydroxylation is 1. The van der Waals surface area contributed by atoms with Crippen molar-refractivity contribution in [1.82, 2.24) is 4.90 Å². The predicted molar refractivity (Wildman–Crippen MR) is 62.7 cm³/mol. The minimum Gasteiger partial charge on any atom is -0.496 e. The molecule has 2 rings (SSSR count). The van der Waals surface area contributed by atoms with Gasteiger partial charge >= 0.3 is 0 Å². The van der Waals surface area contributed by atoms with E-state index in [2.05, 4.69) is 4.90 Å². The molecule has 0 saturated carbocycles. The third-order valence-electron chi connectivity index (χ3n) is 3.14. The molecule has 0 aliphatic carbocycles. The fourth-order valence-electron chi connectivity index (χ4n) is 2.25. The van der Waals surface area contributed by atoms with Gasteiger partial charge in [0.2, 0.25) is 0 Å². The number of likely N-dealkylation sites (N-methyl/N-ethyl adjacent to an activating group) is 1. The molecular weight excluding hydrogens is 202 g/mol. The van der Waals surface area contributed by atoms with Crippen molar-refractivity contribution in [3.05, 3.63) is 29.3 Å². The predicted octanol–water partition coefficient (Wildman–Crippen LogP) is 1.95. The molecule has 0 aromatic heterocycles. The summed E-state index contributed by atoms with van der Waals surface area (Å²) in [5, 5.41) is 0. The molecule has 0 radical (unpaired) electrons. The molecule has 0 N–H and O–H groups in total. The molecule has 3 nitrogen and oxygen atoms in total. The molecule has 1 saturated heterocycles. The first-order valence-corrected chi connectivity index (χ1v) is 5.51. The first-order valence-electron chi connectivity index (χ1n) is 5.51. The van der Waals surface area contributed by atoms with E-state index in [1.807, 2.05) is 32.2 Å². The molecule has 1 unspecified atom stereocenters. The van der Waals surface area contributed by atoms with Crippen molar-refractivity contribution in [3.63, 3.8) is 0 Å². The Labute approximate surface area is 96.0 Å². The van der Waals surface area contributed by atoms with Crippen LogP contribution in [0.1, 0.15) is 23.6 Å². The molecular formula is C13H17NO2. The van der Waals surface area contributed by atoms with E-state index in [1.54, 1.807) is 7.11 Å². The Balaban J connectivity index is 2.43. The first kappa shape index (κ1) is 11.1. The lowest BCUT2D eigenvalue weighted by Crippen LogP contribution is -2.21. The van der Waals surface area contributed by atoms with Crippen LogP contribution in [0.2, 0.25) is 0 Å². The number of methoxy groups -OCH3 is 1. The summed E-state index contributed by atoms with van der Waals surface area (Å²) in [6, 6.07) is 5.88. The van der Waals surface area contributed by atoms with Crippen LogP contribution in [0.25, 0.3) is 0 Å². The van der Waals surface area contributed by atoms with Crippen molar-refractivity contribution in [3.8, 4) is 5.75 Å². The normalized spacial score (nSPS) is 21.4. The summed E-state index contributed by atoms with van der Waals surface area (Å²) < 4.78 is 5.36. The van der Waals surface area contributed by atoms with Crippen LogP contribution < -0.4 is 4.74 Å². The van der Waals surface area contributed by atoms with Crippen molar-refractivity contribution in [2.24, 2.45) is 0 Å². The Morgan fingerprint density at radius 2 is 2.19 bits per heavy atom. The Hall–Kier alpha value is -1.35. The number of Topliss-reactive ketones (excluding diaryl/α,β-unsaturated/α-hetero) is 1. The smallest absolute Gasteiger partial charge is 0.155 e. The van der Waals surface area contributed by atoms with E-state index in [9.17, 15) is 4.79 Å². The summed E-state index contributed by atoms with van der Waals surface area (Å²) >= 11 is 0. The fourth-order valence-corrected chi connectivity index (χ4v) is 2.25. The Morgan fingerprint density at radius 1 is 1.44 bits per heavy atom. The summed E-state index contributed by atoms with van der Waals surface area (Å²) in [4.78, 5) is 13.9. The second kappa shape index (κ2) is 4.26. The van der Waals surface area contributed by atoms with Crippen LogP contribution >= 0.6 is 0 Å². The van der Waals surface area contributed by atoms with Gasteiger partial charge in [0.1, 0.15) is 5.75 Å². The summed E-state index contributed by atoms with van der Waals surface area (Å²) in [6.45, 7) is 2.85. The minimum absolute atomic E-state index is 0.129. The lowest BCUT2D eigenvalue weighted by atomic mass is 10.0. The van der Waals surface area contributed by atoms with Crippen LogP contribution in [0, 0.1) is 6.92 Å². The molecule has 1 heterocycles. The second-order valence-corrected chi connectivity index (χ2v) is 4.34. The van der Waals surface area contributed by atoms with Crippen LogP contribution in [0.3, 0.4) is 0 Å². The van der Waals surface area contributed by atoms with Gasteiger partial charge in [0.05, 0.1) is 13.2 Å². The zero-order valence-electron chi connectivity index (χ0n) is 9.99. The largest absolute Gasteiger partial charge is 0.496 e. The highest BCUT2D eigenvalue weighted by molar-refractivity contribution is 5.88. The molecule has 0 spiro atoms. The SMILES string of the molecule is COc1cc(C)ccc1C1C(=O)CCN1C. The van der Waals surface area contributed by atoms with Gasteiger partial charge in [-0.3, -0.25) is 9.69 Å². The lowest BCUT2D eigenvalue weighted by molar-refractivity contribution is -0.119. The number of benzene rings is 1. The molecule has 1 fully saturated rings. The fraction of sp³-hybridized carbons (Fsp3) is 0.462. The molecule has 3 heteroatoms. The zero-order valence-corrected chi connectivity index (χ0v) is 9.99. The summed E-state index contributed by atoms with van der Waals surface area (Å²) in [7, 11) is 3.63. The Morgan fingerprint density at radius 3 is 2.75 bits per heavy atom. The van der Waals surface area contributed by atoms with E-state index in [0.717, 1.165) is 23.4 Å². The van der Waals surface area contributed by atoms with Crippen LogP contribution in [0.5, 0.6) is 5.75 Å². The molecule has 16 heavy (non-hydrogen) atoms. The molecule has 1 aromatic rings. The standard InChI is InChI=1S/C13H17NO2/c1-9-4-5-10(12(8-9)16-3)13-11(15)6-7-14(13)2/h4-5,8,13H,6-7H2,1-3H3. The van der Waals surface area contributed by atoms with Crippen LogP contribution in [0.4, 0.5) is 0 Å². The third kappa shape index (κ3) is 1.83. The lowest BCUT2D eigenvalue weighted by Gasteiger charge is -2.20. The Bertz CT molecular complexity index is 414. The van der Waals surface area contributed by atoms with Gasteiger partial charge in [-0.05, 0) is 25.6 Å². The van der Waals surface area contributed by atoms with E-state index in [4.69, 9.17) is 4.74 Å². The van der Waals surface area contributed by atoms with Gasteiger partial charge in [0.15, 0.2) is 5.78 Å². The molecule has 1 atom stereocenters. The molecule has 1 aromatic carbocycles. The molecule has 0 amide bonds. The number of likely N-dealkylation sites (tertiary alicyclic amines) is 1. The van der Waals surface area contributed by atoms with Crippen molar-refractivity contribution in [2.45, 2.75) is 19.4 Å². The van der Waals surface area contributed by atoms with E-state index >= 15 is 0 Å². The van der Waals surface area contributed by atoms with Crippen LogP contribution in [0.15, 0.2) is 18.2 Å². The van der Waals surface area contributed by atoms with Crippen LogP contribution in [-0.4, -0.2) is 31.4 Å². The van der Waals surface area contributed by atoms with Gasteiger partial charge in [0, 0.05) is 18.5 Å². The van der Waals surface area contributed by atoms with E-state index < -0.39 is 0 Å². The van der Waals surface area contributed by atoms with Crippen LogP contribution in [-0.2, 0) is 4.79 Å². The van der Waals surface area contributed by atoms with Crippen molar-refractivity contribution in [1.29, 1.82) is 0 Å². The second-order valence-electron chi connectivity index (χ2n) is 4.34. The van der Waals surface area contributed by atoms with Gasteiger partial charge in [-0.1, -0.05) is 12.1 Å². The van der Waals surface area contributed by atoms with E-state index in [0.29, 0.717) is 6.42 Å². The van der Waals surface area contributed by atoms with Gasteiger partial charge in [0.25, 0.3) is 0 Å². The quantitative estimate of drug-likeness (QED) is 0.761. The van der Waals surface area contributed by atoms with Crippen molar-refractivity contribution >= 4 is 5.78 Å². The van der Waals surface area contributed by atoms with Gasteiger partial charge in [-0.2, -0.15) is 0 Å². The average molecular weight is 219 g/mol. The maximum atomic E-state index is 11.8. The number of ketones is 1. The number of ether oxygens (including phenoxy) is 1. The molecule has 1 aliphatic heterocycles. The molecule has 1 aliphatic rings. The monoisotopic (exact) mass is 219 g/mol. The van der Waals surface area contributed by atoms with Crippen molar-refractivity contribution < 1.29 is 9.53 Å². The van der Waals surface area contributed by atoms with Crippen molar-refractivity contribution in [2.75, 3.05) is 20.7 Å². The summed E-state index contributed by atoms with van der Waals surface area (Å²) in [5.41, 5.74) is 2.13.